The Hall–Kier alpha value is 0.330. The van der Waals surface area contributed by atoms with Crippen LogP contribution in [-0.2, 0) is 9.53 Å². The van der Waals surface area contributed by atoms with Crippen LogP contribution in [0.5, 0.6) is 0 Å². The van der Waals surface area contributed by atoms with Crippen LogP contribution in [0.25, 0.3) is 0 Å². The Morgan fingerprint density at radius 1 is 1.24 bits per heavy atom. The van der Waals surface area contributed by atoms with E-state index in [1.54, 1.807) is 0 Å². The molecule has 0 radical (unpaired) electrons. The number of thioether (sulfide) groups is 2. The molecule has 2 unspecified atom stereocenters. The molecule has 2 aliphatic rings. The Labute approximate surface area is 113 Å². The molecule has 2 fully saturated rings. The Balaban J connectivity index is 1.84. The first-order chi connectivity index (χ1) is 8.31. The summed E-state index contributed by atoms with van der Waals surface area (Å²) in [7, 11) is 0. The van der Waals surface area contributed by atoms with Crippen LogP contribution in [0.3, 0.4) is 0 Å². The SMILES string of the molecule is CCC1SCCSC1C(=O)CC1CCOCC1. The summed E-state index contributed by atoms with van der Waals surface area (Å²) in [5.74, 6) is 3.44. The van der Waals surface area contributed by atoms with Gasteiger partial charge >= 0.3 is 0 Å². The topological polar surface area (TPSA) is 26.3 Å². The fourth-order valence-electron chi connectivity index (χ4n) is 2.55. The maximum absolute atomic E-state index is 12.4. The Morgan fingerprint density at radius 2 is 1.94 bits per heavy atom. The zero-order valence-corrected chi connectivity index (χ0v) is 12.2. The molecule has 98 valence electrons. The van der Waals surface area contributed by atoms with Gasteiger partial charge in [0.1, 0.15) is 5.78 Å². The van der Waals surface area contributed by atoms with Crippen LogP contribution in [-0.4, -0.2) is 41.0 Å². The summed E-state index contributed by atoms with van der Waals surface area (Å²) in [6.45, 7) is 3.90. The number of rotatable bonds is 4. The lowest BCUT2D eigenvalue weighted by Crippen LogP contribution is -2.34. The molecular weight excluding hydrogens is 252 g/mol. The van der Waals surface area contributed by atoms with Crippen molar-refractivity contribution in [1.29, 1.82) is 0 Å². The van der Waals surface area contributed by atoms with E-state index in [2.05, 4.69) is 6.92 Å². The van der Waals surface area contributed by atoms with Gasteiger partial charge < -0.3 is 4.74 Å². The second kappa shape index (κ2) is 7.05. The molecule has 2 saturated heterocycles. The summed E-state index contributed by atoms with van der Waals surface area (Å²) in [4.78, 5) is 12.4. The summed E-state index contributed by atoms with van der Waals surface area (Å²) < 4.78 is 5.35. The van der Waals surface area contributed by atoms with Crippen molar-refractivity contribution in [3.63, 3.8) is 0 Å². The summed E-state index contributed by atoms with van der Waals surface area (Å²) in [6.07, 6.45) is 4.07. The van der Waals surface area contributed by atoms with Crippen molar-refractivity contribution in [2.45, 2.75) is 43.1 Å². The zero-order chi connectivity index (χ0) is 12.1. The van der Waals surface area contributed by atoms with Gasteiger partial charge in [-0.15, -0.1) is 11.8 Å². The van der Waals surface area contributed by atoms with Gasteiger partial charge in [-0.2, -0.15) is 11.8 Å². The molecule has 2 aliphatic heterocycles. The van der Waals surface area contributed by atoms with Crippen molar-refractivity contribution >= 4 is 29.3 Å². The van der Waals surface area contributed by atoms with Crippen LogP contribution in [0.1, 0.15) is 32.6 Å². The molecule has 0 aromatic rings. The monoisotopic (exact) mass is 274 g/mol. The van der Waals surface area contributed by atoms with Gasteiger partial charge in [-0.25, -0.2) is 0 Å². The van der Waals surface area contributed by atoms with Crippen LogP contribution >= 0.6 is 23.5 Å². The molecule has 0 N–H and O–H groups in total. The minimum atomic E-state index is 0.265. The van der Waals surface area contributed by atoms with Crippen LogP contribution in [0.2, 0.25) is 0 Å². The highest BCUT2D eigenvalue weighted by molar-refractivity contribution is 8.07. The third-order valence-electron chi connectivity index (χ3n) is 3.60. The van der Waals surface area contributed by atoms with E-state index < -0.39 is 0 Å². The first kappa shape index (κ1) is 13.8. The molecule has 0 spiro atoms. The number of carbonyl (C=O) groups excluding carboxylic acids is 1. The van der Waals surface area contributed by atoms with Gasteiger partial charge in [0.05, 0.1) is 5.25 Å². The molecule has 0 aromatic heterocycles. The molecular formula is C13H22O2S2. The molecule has 0 bridgehead atoms. The third kappa shape index (κ3) is 3.90. The smallest absolute Gasteiger partial charge is 0.147 e. The maximum Gasteiger partial charge on any atom is 0.147 e. The number of Topliss-reactive ketones (excluding diaryl/α,β-unsaturated/α-hetero) is 1. The lowest BCUT2D eigenvalue weighted by atomic mass is 9.92. The normalized spacial score (nSPS) is 31.4. The molecule has 2 atom stereocenters. The predicted molar refractivity (Wildman–Crippen MR) is 76.0 cm³/mol. The maximum atomic E-state index is 12.4. The molecule has 0 saturated carbocycles. The number of ether oxygens (including phenoxy) is 1. The van der Waals surface area contributed by atoms with E-state index in [-0.39, 0.29) is 5.25 Å². The fraction of sp³-hybridized carbons (Fsp3) is 0.923. The quantitative estimate of drug-likeness (QED) is 0.787. The van der Waals surface area contributed by atoms with Gasteiger partial charge in [-0.1, -0.05) is 6.92 Å². The second-order valence-corrected chi connectivity index (χ2v) is 7.43. The number of carbonyl (C=O) groups is 1. The first-order valence-corrected chi connectivity index (χ1v) is 8.74. The number of ketones is 1. The summed E-state index contributed by atoms with van der Waals surface area (Å²) in [5, 5.41) is 0.822. The Bertz CT molecular complexity index is 252. The van der Waals surface area contributed by atoms with E-state index >= 15 is 0 Å². The lowest BCUT2D eigenvalue weighted by molar-refractivity contribution is -0.120. The van der Waals surface area contributed by atoms with Crippen molar-refractivity contribution in [1.82, 2.24) is 0 Å². The fourth-order valence-corrected chi connectivity index (χ4v) is 5.60. The van der Waals surface area contributed by atoms with E-state index in [4.69, 9.17) is 4.74 Å². The first-order valence-electron chi connectivity index (χ1n) is 6.65. The summed E-state index contributed by atoms with van der Waals surface area (Å²) in [5.41, 5.74) is 0. The van der Waals surface area contributed by atoms with Crippen LogP contribution < -0.4 is 0 Å². The van der Waals surface area contributed by atoms with E-state index in [0.717, 1.165) is 44.6 Å². The largest absolute Gasteiger partial charge is 0.381 e. The average molecular weight is 274 g/mol. The third-order valence-corrected chi connectivity index (χ3v) is 6.90. The van der Waals surface area contributed by atoms with Gasteiger partial charge in [-0.3, -0.25) is 4.79 Å². The molecule has 2 rings (SSSR count). The number of hydrogen-bond acceptors (Lipinski definition) is 4. The molecule has 0 amide bonds. The predicted octanol–water partition coefficient (Wildman–Crippen LogP) is 3.00. The highest BCUT2D eigenvalue weighted by atomic mass is 32.2. The van der Waals surface area contributed by atoms with Gasteiger partial charge in [-0.05, 0) is 25.2 Å². The van der Waals surface area contributed by atoms with E-state index in [0.29, 0.717) is 17.0 Å². The van der Waals surface area contributed by atoms with E-state index in [1.165, 1.54) is 5.75 Å². The van der Waals surface area contributed by atoms with Gasteiger partial charge in [0.15, 0.2) is 0 Å². The highest BCUT2D eigenvalue weighted by Crippen LogP contribution is 2.35. The van der Waals surface area contributed by atoms with Gasteiger partial charge in [0, 0.05) is 36.4 Å². The molecule has 2 heterocycles. The standard InChI is InChI=1S/C13H22O2S2/c1-2-12-13(17-8-7-16-12)11(14)9-10-3-5-15-6-4-10/h10,12-13H,2-9H2,1H3. The van der Waals surface area contributed by atoms with Crippen molar-refractivity contribution < 1.29 is 9.53 Å². The van der Waals surface area contributed by atoms with Gasteiger partial charge in [0.2, 0.25) is 0 Å². The van der Waals surface area contributed by atoms with Crippen molar-refractivity contribution in [2.24, 2.45) is 5.92 Å². The Kier molecular flexibility index (Phi) is 5.70. The molecule has 0 aromatic carbocycles. The second-order valence-electron chi connectivity index (χ2n) is 4.84. The molecule has 17 heavy (non-hydrogen) atoms. The van der Waals surface area contributed by atoms with Crippen molar-refractivity contribution in [3.05, 3.63) is 0 Å². The van der Waals surface area contributed by atoms with Crippen LogP contribution in [0, 0.1) is 5.92 Å². The zero-order valence-electron chi connectivity index (χ0n) is 10.5. The molecule has 4 heteroatoms. The molecule has 2 nitrogen and oxygen atoms in total. The lowest BCUT2D eigenvalue weighted by Gasteiger charge is -2.30. The highest BCUT2D eigenvalue weighted by Gasteiger charge is 2.32. The van der Waals surface area contributed by atoms with Crippen LogP contribution in [0.15, 0.2) is 0 Å². The molecule has 0 aliphatic carbocycles. The van der Waals surface area contributed by atoms with Crippen LogP contribution in [0.4, 0.5) is 0 Å². The average Bonchev–Trinajstić information content (AvgIpc) is 2.40. The summed E-state index contributed by atoms with van der Waals surface area (Å²) in [6, 6.07) is 0. The van der Waals surface area contributed by atoms with E-state index in [1.807, 2.05) is 23.5 Å². The Morgan fingerprint density at radius 3 is 2.65 bits per heavy atom. The van der Waals surface area contributed by atoms with E-state index in [9.17, 15) is 4.79 Å². The van der Waals surface area contributed by atoms with Crippen molar-refractivity contribution in [3.8, 4) is 0 Å². The van der Waals surface area contributed by atoms with Crippen molar-refractivity contribution in [2.75, 3.05) is 24.7 Å². The minimum absolute atomic E-state index is 0.265. The minimum Gasteiger partial charge on any atom is -0.381 e. The number of hydrogen-bond donors (Lipinski definition) is 0. The van der Waals surface area contributed by atoms with Gasteiger partial charge in [0.25, 0.3) is 0 Å². The summed E-state index contributed by atoms with van der Waals surface area (Å²) >= 11 is 3.89.